The van der Waals surface area contributed by atoms with Gasteiger partial charge in [-0.05, 0) is 73.4 Å². The Kier molecular flexibility index (Phi) is 9.20. The summed E-state index contributed by atoms with van der Waals surface area (Å²) in [7, 11) is 0. The standard InChI is InChI=1S/C22H31ClN2O7/c1-9-30-18(27)15(13(2)26)12-14-10-11-24-17(16(14)23)25(19(28)31-21(3,4)5)20(29)32-22(6,7)8/h10-11,15H,9,12H2,1-8H3. The van der Waals surface area contributed by atoms with Crippen LogP contribution in [0, 0.1) is 5.92 Å². The van der Waals surface area contributed by atoms with Gasteiger partial charge in [0.05, 0.1) is 11.6 Å². The molecule has 10 heteroatoms. The van der Waals surface area contributed by atoms with Gasteiger partial charge in [0.25, 0.3) is 0 Å². The number of amides is 2. The highest BCUT2D eigenvalue weighted by atomic mass is 35.5. The van der Waals surface area contributed by atoms with Gasteiger partial charge in [0.15, 0.2) is 5.82 Å². The van der Waals surface area contributed by atoms with Crippen LogP contribution >= 0.6 is 11.6 Å². The first-order chi connectivity index (χ1) is 14.6. The molecule has 0 aliphatic rings. The van der Waals surface area contributed by atoms with Gasteiger partial charge in [0, 0.05) is 6.20 Å². The van der Waals surface area contributed by atoms with E-state index >= 15 is 0 Å². The maximum atomic E-state index is 12.8. The Morgan fingerprint density at radius 1 is 1.03 bits per heavy atom. The van der Waals surface area contributed by atoms with Crippen molar-refractivity contribution in [1.29, 1.82) is 0 Å². The smallest absolute Gasteiger partial charge is 0.425 e. The number of carbonyl (C=O) groups is 4. The van der Waals surface area contributed by atoms with E-state index in [9.17, 15) is 19.2 Å². The van der Waals surface area contributed by atoms with Crippen LogP contribution < -0.4 is 4.90 Å². The summed E-state index contributed by atoms with van der Waals surface area (Å²) in [4.78, 5) is 54.6. The van der Waals surface area contributed by atoms with E-state index in [1.165, 1.54) is 19.2 Å². The molecule has 1 unspecified atom stereocenters. The molecule has 1 heterocycles. The van der Waals surface area contributed by atoms with Crippen LogP contribution in [0.25, 0.3) is 0 Å². The minimum Gasteiger partial charge on any atom is -0.465 e. The Hall–Kier alpha value is -2.68. The van der Waals surface area contributed by atoms with E-state index in [2.05, 4.69) is 4.98 Å². The molecule has 1 atom stereocenters. The van der Waals surface area contributed by atoms with Crippen molar-refractivity contribution < 1.29 is 33.4 Å². The molecule has 0 bridgehead atoms. The highest BCUT2D eigenvalue weighted by Crippen LogP contribution is 2.31. The quantitative estimate of drug-likeness (QED) is 0.333. The van der Waals surface area contributed by atoms with Crippen LogP contribution in [-0.2, 0) is 30.2 Å². The highest BCUT2D eigenvalue weighted by molar-refractivity contribution is 6.35. The van der Waals surface area contributed by atoms with Crippen LogP contribution in [0.15, 0.2) is 12.3 Å². The third kappa shape index (κ3) is 8.11. The molecule has 0 spiro atoms. The molecule has 1 aromatic heterocycles. The number of rotatable bonds is 6. The summed E-state index contributed by atoms with van der Waals surface area (Å²) < 4.78 is 15.6. The first-order valence-electron chi connectivity index (χ1n) is 10.1. The predicted octanol–water partition coefficient (Wildman–Crippen LogP) is 4.72. The van der Waals surface area contributed by atoms with Crippen molar-refractivity contribution in [3.8, 4) is 0 Å². The summed E-state index contributed by atoms with van der Waals surface area (Å²) in [5.74, 6) is -2.43. The van der Waals surface area contributed by atoms with Crippen LogP contribution in [0.2, 0.25) is 5.02 Å². The number of halogens is 1. The third-order valence-corrected chi connectivity index (χ3v) is 4.21. The van der Waals surface area contributed by atoms with Gasteiger partial charge in [0.2, 0.25) is 0 Å². The number of esters is 1. The molecule has 178 valence electrons. The largest absolute Gasteiger partial charge is 0.465 e. The number of ketones is 1. The molecular formula is C22H31ClN2O7. The lowest BCUT2D eigenvalue weighted by Crippen LogP contribution is -2.44. The molecule has 0 aromatic carbocycles. The zero-order chi connectivity index (χ0) is 24.9. The van der Waals surface area contributed by atoms with E-state index in [-0.39, 0.29) is 23.9 Å². The number of ether oxygens (including phenoxy) is 3. The van der Waals surface area contributed by atoms with Crippen LogP contribution in [-0.4, -0.2) is 46.7 Å². The summed E-state index contributed by atoms with van der Waals surface area (Å²) in [6.45, 7) is 12.9. The monoisotopic (exact) mass is 470 g/mol. The average Bonchev–Trinajstić information content (AvgIpc) is 2.59. The van der Waals surface area contributed by atoms with Crippen molar-refractivity contribution in [3.63, 3.8) is 0 Å². The van der Waals surface area contributed by atoms with Crippen molar-refractivity contribution in [2.75, 3.05) is 11.5 Å². The van der Waals surface area contributed by atoms with Gasteiger partial charge in [0.1, 0.15) is 22.9 Å². The normalized spacial score (nSPS) is 12.5. The maximum absolute atomic E-state index is 12.8. The zero-order valence-electron chi connectivity index (χ0n) is 19.8. The maximum Gasteiger partial charge on any atom is 0.425 e. The summed E-state index contributed by atoms with van der Waals surface area (Å²) >= 11 is 6.48. The number of imide groups is 1. The van der Waals surface area contributed by atoms with Crippen molar-refractivity contribution in [3.05, 3.63) is 22.8 Å². The molecular weight excluding hydrogens is 440 g/mol. The Morgan fingerprint density at radius 2 is 1.53 bits per heavy atom. The molecule has 32 heavy (non-hydrogen) atoms. The topological polar surface area (TPSA) is 112 Å². The molecule has 2 amide bonds. The third-order valence-electron chi connectivity index (χ3n) is 3.80. The summed E-state index contributed by atoms with van der Waals surface area (Å²) in [5, 5.41) is -0.0974. The Balaban J connectivity index is 3.45. The summed E-state index contributed by atoms with van der Waals surface area (Å²) in [6.07, 6.45) is -0.863. The number of hydrogen-bond acceptors (Lipinski definition) is 8. The summed E-state index contributed by atoms with van der Waals surface area (Å²) in [6, 6.07) is 1.49. The Labute approximate surface area is 193 Å². The van der Waals surface area contributed by atoms with E-state index in [1.54, 1.807) is 48.5 Å². The Morgan fingerprint density at radius 3 is 1.94 bits per heavy atom. The lowest BCUT2D eigenvalue weighted by atomic mass is 9.96. The minimum atomic E-state index is -1.10. The first-order valence-corrected chi connectivity index (χ1v) is 10.5. The van der Waals surface area contributed by atoms with Gasteiger partial charge in [-0.3, -0.25) is 9.59 Å². The zero-order valence-corrected chi connectivity index (χ0v) is 20.5. The molecule has 0 radical (unpaired) electrons. The van der Waals surface area contributed by atoms with E-state index < -0.39 is 41.1 Å². The second-order valence-corrected chi connectivity index (χ2v) is 9.40. The van der Waals surface area contributed by atoms with Gasteiger partial charge in [-0.2, -0.15) is 4.90 Å². The van der Waals surface area contributed by atoms with E-state index in [0.29, 0.717) is 10.5 Å². The van der Waals surface area contributed by atoms with Crippen LogP contribution in [0.5, 0.6) is 0 Å². The van der Waals surface area contributed by atoms with Crippen molar-refractivity contribution in [2.24, 2.45) is 5.92 Å². The van der Waals surface area contributed by atoms with Gasteiger partial charge in [-0.25, -0.2) is 14.6 Å². The molecule has 1 aromatic rings. The molecule has 9 nitrogen and oxygen atoms in total. The lowest BCUT2D eigenvalue weighted by molar-refractivity contribution is -0.151. The number of nitrogens with zero attached hydrogens (tertiary/aromatic N) is 2. The second-order valence-electron chi connectivity index (χ2n) is 9.02. The molecule has 0 N–H and O–H groups in total. The second kappa shape index (κ2) is 10.8. The van der Waals surface area contributed by atoms with E-state index in [0.717, 1.165) is 0 Å². The minimum absolute atomic E-state index is 0.0974. The molecule has 0 saturated carbocycles. The number of aromatic nitrogens is 1. The van der Waals surface area contributed by atoms with E-state index in [4.69, 9.17) is 25.8 Å². The van der Waals surface area contributed by atoms with Crippen LogP contribution in [0.3, 0.4) is 0 Å². The fourth-order valence-electron chi connectivity index (χ4n) is 2.50. The number of anilines is 1. The molecule has 0 aliphatic carbocycles. The first kappa shape index (κ1) is 27.4. The van der Waals surface area contributed by atoms with Gasteiger partial charge in [-0.15, -0.1) is 0 Å². The fraction of sp³-hybridized carbons (Fsp3) is 0.591. The Bertz CT molecular complexity index is 844. The van der Waals surface area contributed by atoms with Crippen LogP contribution in [0.1, 0.15) is 61.0 Å². The molecule has 0 fully saturated rings. The number of pyridine rings is 1. The summed E-state index contributed by atoms with van der Waals surface area (Å²) in [5.41, 5.74) is -1.50. The highest BCUT2D eigenvalue weighted by Gasteiger charge is 2.36. The number of Topliss-reactive ketones (excluding diaryl/α,β-unsaturated/α-hetero) is 1. The number of hydrogen-bond donors (Lipinski definition) is 0. The van der Waals surface area contributed by atoms with Gasteiger partial charge in [-0.1, -0.05) is 11.6 Å². The molecule has 1 rings (SSSR count). The predicted molar refractivity (Wildman–Crippen MR) is 119 cm³/mol. The lowest BCUT2D eigenvalue weighted by Gasteiger charge is -2.28. The van der Waals surface area contributed by atoms with Crippen molar-refractivity contribution in [1.82, 2.24) is 4.98 Å². The SMILES string of the molecule is CCOC(=O)C(Cc1ccnc(N(C(=O)OC(C)(C)C)C(=O)OC(C)(C)C)c1Cl)C(C)=O. The molecule has 0 aliphatic heterocycles. The number of carbonyl (C=O) groups excluding carboxylic acids is 4. The van der Waals surface area contributed by atoms with Crippen LogP contribution in [0.4, 0.5) is 15.4 Å². The van der Waals surface area contributed by atoms with Crippen molar-refractivity contribution in [2.45, 2.75) is 73.0 Å². The fourth-order valence-corrected chi connectivity index (χ4v) is 2.78. The van der Waals surface area contributed by atoms with Gasteiger partial charge >= 0.3 is 18.2 Å². The van der Waals surface area contributed by atoms with E-state index in [1.807, 2.05) is 0 Å². The van der Waals surface area contributed by atoms with Crippen molar-refractivity contribution >= 4 is 41.4 Å². The average molecular weight is 471 g/mol. The molecule has 0 saturated heterocycles. The van der Waals surface area contributed by atoms with Gasteiger partial charge < -0.3 is 14.2 Å².